The second-order valence-electron chi connectivity index (χ2n) is 4.94. The minimum absolute atomic E-state index is 0.111. The van der Waals surface area contributed by atoms with Crippen LogP contribution in [-0.2, 0) is 6.42 Å². The molecule has 1 aromatic heterocycles. The number of para-hydroxylation sites is 1. The lowest BCUT2D eigenvalue weighted by Crippen LogP contribution is -2.12. The lowest BCUT2D eigenvalue weighted by Gasteiger charge is -2.15. The third-order valence-electron chi connectivity index (χ3n) is 3.69. The number of aromatic nitrogens is 1. The quantitative estimate of drug-likeness (QED) is 0.531. The molecule has 2 heterocycles. The molecule has 0 bridgehead atoms. The van der Waals surface area contributed by atoms with Crippen molar-refractivity contribution >= 4 is 38.1 Å². The summed E-state index contributed by atoms with van der Waals surface area (Å²) in [6, 6.07) is 13.1. The summed E-state index contributed by atoms with van der Waals surface area (Å²) in [4.78, 5) is 17.3. The molecule has 3 aromatic rings. The number of nitro groups is 1. The number of hydrogen-bond donors (Lipinski definition) is 0. The molecule has 0 amide bonds. The Morgan fingerprint density at radius 1 is 1.24 bits per heavy atom. The molecule has 0 saturated heterocycles. The van der Waals surface area contributed by atoms with Gasteiger partial charge in [-0.1, -0.05) is 29.5 Å². The molecule has 2 aromatic carbocycles. The Morgan fingerprint density at radius 2 is 2.10 bits per heavy atom. The normalized spacial score (nSPS) is 13.6. The van der Waals surface area contributed by atoms with Crippen LogP contribution < -0.4 is 4.90 Å². The van der Waals surface area contributed by atoms with Crippen molar-refractivity contribution in [3.8, 4) is 0 Å². The first-order chi connectivity index (χ1) is 10.2. The summed E-state index contributed by atoms with van der Waals surface area (Å²) >= 11 is 1.50. The molecule has 4 rings (SSSR count). The summed E-state index contributed by atoms with van der Waals surface area (Å²) < 4.78 is 0.851. The number of non-ortho nitro benzene ring substituents is 1. The zero-order valence-corrected chi connectivity index (χ0v) is 11.8. The fraction of sp³-hybridized carbons (Fsp3) is 0.133. The van der Waals surface area contributed by atoms with E-state index in [4.69, 9.17) is 0 Å². The zero-order chi connectivity index (χ0) is 14.4. The van der Waals surface area contributed by atoms with Gasteiger partial charge in [-0.2, -0.15) is 0 Å². The highest BCUT2D eigenvalue weighted by Gasteiger charge is 2.22. The molecule has 0 N–H and O–H groups in total. The van der Waals surface area contributed by atoms with Crippen LogP contribution in [0.1, 0.15) is 5.56 Å². The van der Waals surface area contributed by atoms with Gasteiger partial charge in [0.1, 0.15) is 0 Å². The first-order valence-corrected chi connectivity index (χ1v) is 7.44. The van der Waals surface area contributed by atoms with E-state index in [-0.39, 0.29) is 10.6 Å². The van der Waals surface area contributed by atoms with Gasteiger partial charge in [0.05, 0.1) is 15.1 Å². The smallest absolute Gasteiger partial charge is 0.270 e. The number of hydrogen-bond acceptors (Lipinski definition) is 5. The molecule has 1 aliphatic rings. The van der Waals surface area contributed by atoms with Gasteiger partial charge in [-0.05, 0) is 24.1 Å². The van der Waals surface area contributed by atoms with Crippen molar-refractivity contribution in [2.45, 2.75) is 6.42 Å². The fourth-order valence-electron chi connectivity index (χ4n) is 2.67. The van der Waals surface area contributed by atoms with E-state index in [2.05, 4.69) is 22.0 Å². The second kappa shape index (κ2) is 4.53. The van der Waals surface area contributed by atoms with Gasteiger partial charge >= 0.3 is 0 Å². The third kappa shape index (κ3) is 1.95. The van der Waals surface area contributed by atoms with Crippen molar-refractivity contribution < 1.29 is 4.92 Å². The van der Waals surface area contributed by atoms with E-state index in [9.17, 15) is 10.1 Å². The number of benzene rings is 2. The lowest BCUT2D eigenvalue weighted by atomic mass is 10.2. The van der Waals surface area contributed by atoms with E-state index in [1.54, 1.807) is 12.1 Å². The van der Waals surface area contributed by atoms with E-state index < -0.39 is 0 Å². The Hall–Kier alpha value is -2.47. The molecule has 0 radical (unpaired) electrons. The molecule has 6 heteroatoms. The van der Waals surface area contributed by atoms with E-state index in [0.717, 1.165) is 28.3 Å². The molecule has 5 nitrogen and oxygen atoms in total. The summed E-state index contributed by atoms with van der Waals surface area (Å²) in [7, 11) is 0. The molecular formula is C15H11N3O2S. The highest BCUT2D eigenvalue weighted by Crippen LogP contribution is 2.39. The van der Waals surface area contributed by atoms with Crippen LogP contribution in [0, 0.1) is 10.1 Å². The molecular weight excluding hydrogens is 286 g/mol. The maximum atomic E-state index is 10.9. The highest BCUT2D eigenvalue weighted by atomic mass is 32.1. The average Bonchev–Trinajstić information content (AvgIpc) is 3.09. The first-order valence-electron chi connectivity index (χ1n) is 6.63. The number of nitro benzene ring substituents is 1. The number of thiazole rings is 1. The summed E-state index contributed by atoms with van der Waals surface area (Å²) in [5, 5.41) is 11.7. The van der Waals surface area contributed by atoms with E-state index in [1.165, 1.54) is 28.7 Å². The first kappa shape index (κ1) is 12.3. The molecule has 0 fully saturated rings. The summed E-state index contributed by atoms with van der Waals surface area (Å²) in [5.74, 6) is 0. The average molecular weight is 297 g/mol. The van der Waals surface area contributed by atoms with Gasteiger partial charge in [0.25, 0.3) is 5.69 Å². The van der Waals surface area contributed by atoms with Gasteiger partial charge < -0.3 is 4.90 Å². The monoisotopic (exact) mass is 297 g/mol. The van der Waals surface area contributed by atoms with Gasteiger partial charge in [-0.3, -0.25) is 10.1 Å². The molecule has 0 saturated carbocycles. The van der Waals surface area contributed by atoms with Crippen LogP contribution in [0.15, 0.2) is 42.5 Å². The van der Waals surface area contributed by atoms with Crippen molar-refractivity contribution in [3.63, 3.8) is 0 Å². The Labute approximate surface area is 124 Å². The zero-order valence-electron chi connectivity index (χ0n) is 11.0. The van der Waals surface area contributed by atoms with Crippen LogP contribution in [0.2, 0.25) is 0 Å². The summed E-state index contributed by atoms with van der Waals surface area (Å²) in [5.41, 5.74) is 3.43. The number of fused-ring (bicyclic) bond motifs is 2. The van der Waals surface area contributed by atoms with Crippen molar-refractivity contribution in [1.29, 1.82) is 0 Å². The molecule has 0 spiro atoms. The Morgan fingerprint density at radius 3 is 2.95 bits per heavy atom. The number of anilines is 2. The second-order valence-corrected chi connectivity index (χ2v) is 5.95. The van der Waals surface area contributed by atoms with Crippen LogP contribution >= 0.6 is 11.3 Å². The lowest BCUT2D eigenvalue weighted by molar-refractivity contribution is -0.384. The van der Waals surface area contributed by atoms with Crippen molar-refractivity contribution in [2.75, 3.05) is 11.4 Å². The van der Waals surface area contributed by atoms with Crippen molar-refractivity contribution in [1.82, 2.24) is 4.98 Å². The summed E-state index contributed by atoms with van der Waals surface area (Å²) in [6.07, 6.45) is 1.01. The van der Waals surface area contributed by atoms with Crippen LogP contribution in [0.3, 0.4) is 0 Å². The van der Waals surface area contributed by atoms with Gasteiger partial charge in [0.15, 0.2) is 5.13 Å². The number of rotatable bonds is 2. The minimum Gasteiger partial charge on any atom is -0.317 e. The Kier molecular flexibility index (Phi) is 2.65. The van der Waals surface area contributed by atoms with Crippen LogP contribution in [0.25, 0.3) is 10.2 Å². The topological polar surface area (TPSA) is 59.3 Å². The molecule has 0 aliphatic carbocycles. The maximum Gasteiger partial charge on any atom is 0.270 e. The Balaban J connectivity index is 1.80. The van der Waals surface area contributed by atoms with Crippen molar-refractivity contribution in [3.05, 3.63) is 58.1 Å². The predicted octanol–water partition coefficient (Wildman–Crippen LogP) is 3.90. The molecule has 0 atom stereocenters. The third-order valence-corrected chi connectivity index (χ3v) is 4.73. The maximum absolute atomic E-state index is 10.9. The molecule has 1 aliphatic heterocycles. The van der Waals surface area contributed by atoms with Crippen LogP contribution in [0.5, 0.6) is 0 Å². The molecule has 104 valence electrons. The van der Waals surface area contributed by atoms with Crippen molar-refractivity contribution in [2.24, 2.45) is 0 Å². The fourth-order valence-corrected chi connectivity index (χ4v) is 3.71. The minimum atomic E-state index is -0.371. The van der Waals surface area contributed by atoms with Crippen LogP contribution in [-0.4, -0.2) is 16.5 Å². The van der Waals surface area contributed by atoms with Gasteiger partial charge in [0, 0.05) is 24.4 Å². The number of nitrogens with zero attached hydrogens (tertiary/aromatic N) is 3. The molecule has 21 heavy (non-hydrogen) atoms. The van der Waals surface area contributed by atoms with E-state index in [1.807, 2.05) is 12.1 Å². The van der Waals surface area contributed by atoms with Gasteiger partial charge in [0.2, 0.25) is 0 Å². The highest BCUT2D eigenvalue weighted by molar-refractivity contribution is 7.22. The van der Waals surface area contributed by atoms with E-state index in [0.29, 0.717) is 0 Å². The van der Waals surface area contributed by atoms with Gasteiger partial charge in [-0.25, -0.2) is 4.98 Å². The van der Waals surface area contributed by atoms with Gasteiger partial charge in [-0.15, -0.1) is 0 Å². The summed E-state index contributed by atoms with van der Waals surface area (Å²) in [6.45, 7) is 0.904. The standard InChI is InChI=1S/C15H11N3O2S/c19-18(20)11-5-6-12-14(9-11)21-15(16-12)17-8-7-10-3-1-2-4-13(10)17/h1-6,9H,7-8H2. The molecule has 0 unspecified atom stereocenters. The van der Waals surface area contributed by atoms with E-state index >= 15 is 0 Å². The Bertz CT molecular complexity index is 859. The largest absolute Gasteiger partial charge is 0.317 e. The van der Waals surface area contributed by atoms with Crippen LogP contribution in [0.4, 0.5) is 16.5 Å². The predicted molar refractivity (Wildman–Crippen MR) is 83.4 cm³/mol. The SMILES string of the molecule is O=[N+]([O-])c1ccc2nc(N3CCc4ccccc43)sc2c1.